The molecule has 1 aromatic carbocycles. The van der Waals surface area contributed by atoms with Crippen LogP contribution in [0, 0.1) is 3.57 Å². The van der Waals surface area contributed by atoms with E-state index in [2.05, 4.69) is 38.8 Å². The van der Waals surface area contributed by atoms with Gasteiger partial charge in [0.1, 0.15) is 5.75 Å². The molecule has 0 aliphatic heterocycles. The van der Waals surface area contributed by atoms with Crippen LogP contribution in [0.4, 0.5) is 0 Å². The second kappa shape index (κ2) is 9.72. The number of ether oxygens (including phenoxy) is 2. The van der Waals surface area contributed by atoms with Gasteiger partial charge in [-0.05, 0) is 46.9 Å². The minimum absolute atomic E-state index is 0.0896. The highest BCUT2D eigenvalue weighted by Crippen LogP contribution is 2.19. The Morgan fingerprint density at radius 1 is 1.35 bits per heavy atom. The lowest BCUT2D eigenvalue weighted by Crippen LogP contribution is -2.48. The van der Waals surface area contributed by atoms with Crippen molar-refractivity contribution in [2.75, 3.05) is 26.9 Å². The smallest absolute Gasteiger partial charge is 0.276 e. The number of halogens is 1. The Balaban J connectivity index is 2.21. The van der Waals surface area contributed by atoms with Crippen molar-refractivity contribution in [3.05, 3.63) is 27.8 Å². The zero-order valence-electron chi connectivity index (χ0n) is 10.9. The molecule has 20 heavy (non-hydrogen) atoms. The molecule has 0 aromatic heterocycles. The molecule has 1 amide bonds. The van der Waals surface area contributed by atoms with Crippen LogP contribution in [0.15, 0.2) is 24.3 Å². The molecule has 0 aliphatic rings. The SMILES string of the molecule is COCCNC(=S)NNC(=O)COc1ccccc1I. The van der Waals surface area contributed by atoms with Crippen molar-refractivity contribution < 1.29 is 14.3 Å². The molecular weight excluding hydrogens is 393 g/mol. The molecule has 0 saturated carbocycles. The molecule has 0 bridgehead atoms. The fourth-order valence-electron chi connectivity index (χ4n) is 1.18. The minimum Gasteiger partial charge on any atom is -0.483 e. The summed E-state index contributed by atoms with van der Waals surface area (Å²) in [5, 5.41) is 3.18. The van der Waals surface area contributed by atoms with Crippen molar-refractivity contribution in [3.8, 4) is 5.75 Å². The summed E-state index contributed by atoms with van der Waals surface area (Å²) >= 11 is 7.09. The van der Waals surface area contributed by atoms with E-state index in [9.17, 15) is 4.79 Å². The first kappa shape index (κ1) is 16.9. The van der Waals surface area contributed by atoms with Gasteiger partial charge in [0.25, 0.3) is 5.91 Å². The molecule has 0 heterocycles. The third kappa shape index (κ3) is 6.87. The van der Waals surface area contributed by atoms with Crippen molar-refractivity contribution in [1.29, 1.82) is 0 Å². The number of amides is 1. The van der Waals surface area contributed by atoms with Crippen LogP contribution in [-0.4, -0.2) is 37.9 Å². The lowest BCUT2D eigenvalue weighted by atomic mass is 10.3. The summed E-state index contributed by atoms with van der Waals surface area (Å²) in [4.78, 5) is 11.5. The van der Waals surface area contributed by atoms with Crippen LogP contribution in [0.3, 0.4) is 0 Å². The number of benzene rings is 1. The molecule has 8 heteroatoms. The number of carbonyl (C=O) groups excluding carboxylic acids is 1. The summed E-state index contributed by atoms with van der Waals surface area (Å²) in [6.45, 7) is 1.01. The third-order valence-electron chi connectivity index (χ3n) is 2.10. The van der Waals surface area contributed by atoms with Gasteiger partial charge in [-0.1, -0.05) is 12.1 Å². The number of nitrogens with one attached hydrogen (secondary N) is 3. The Labute approximate surface area is 136 Å². The summed E-state index contributed by atoms with van der Waals surface area (Å²) < 4.78 is 11.2. The van der Waals surface area contributed by atoms with E-state index in [0.717, 1.165) is 3.57 Å². The molecule has 1 aromatic rings. The average molecular weight is 409 g/mol. The summed E-state index contributed by atoms with van der Waals surface area (Å²) in [6, 6.07) is 7.46. The van der Waals surface area contributed by atoms with Crippen molar-refractivity contribution >= 4 is 45.8 Å². The molecule has 0 fully saturated rings. The maximum atomic E-state index is 11.5. The average Bonchev–Trinajstić information content (AvgIpc) is 2.44. The maximum absolute atomic E-state index is 11.5. The topological polar surface area (TPSA) is 71.6 Å². The van der Waals surface area contributed by atoms with Crippen molar-refractivity contribution in [3.63, 3.8) is 0 Å². The predicted molar refractivity (Wildman–Crippen MR) is 88.4 cm³/mol. The molecule has 0 unspecified atom stereocenters. The number of hydrogen-bond donors (Lipinski definition) is 3. The standard InChI is InChI=1S/C12H16IN3O3S/c1-18-7-6-14-12(20)16-15-11(17)8-19-10-5-3-2-4-9(10)13/h2-5H,6-8H2,1H3,(H,15,17)(H2,14,16,20). The molecule has 110 valence electrons. The fraction of sp³-hybridized carbons (Fsp3) is 0.333. The van der Waals surface area contributed by atoms with Crippen LogP contribution in [0.25, 0.3) is 0 Å². The predicted octanol–water partition coefficient (Wildman–Crippen LogP) is 0.812. The number of hydrazine groups is 1. The number of rotatable bonds is 6. The number of thiocarbonyl (C=S) groups is 1. The van der Waals surface area contributed by atoms with Gasteiger partial charge in [0.15, 0.2) is 11.7 Å². The zero-order chi connectivity index (χ0) is 14.8. The number of hydrogen-bond acceptors (Lipinski definition) is 4. The van der Waals surface area contributed by atoms with Crippen LogP contribution >= 0.6 is 34.8 Å². The van der Waals surface area contributed by atoms with Crippen LogP contribution in [0.1, 0.15) is 0 Å². The van der Waals surface area contributed by atoms with E-state index in [1.165, 1.54) is 0 Å². The van der Waals surface area contributed by atoms with Crippen LogP contribution < -0.4 is 20.9 Å². The van der Waals surface area contributed by atoms with E-state index in [0.29, 0.717) is 24.0 Å². The lowest BCUT2D eigenvalue weighted by molar-refractivity contribution is -0.123. The van der Waals surface area contributed by atoms with E-state index in [1.807, 2.05) is 18.2 Å². The number of methoxy groups -OCH3 is 1. The maximum Gasteiger partial charge on any atom is 0.276 e. The van der Waals surface area contributed by atoms with Gasteiger partial charge in [-0.25, -0.2) is 0 Å². The Bertz CT molecular complexity index is 459. The van der Waals surface area contributed by atoms with Crippen LogP contribution in [0.5, 0.6) is 5.75 Å². The first-order valence-corrected chi connectivity index (χ1v) is 7.31. The highest BCUT2D eigenvalue weighted by atomic mass is 127. The first-order chi connectivity index (χ1) is 9.63. The molecule has 6 nitrogen and oxygen atoms in total. The Morgan fingerprint density at radius 3 is 2.80 bits per heavy atom. The Morgan fingerprint density at radius 2 is 2.10 bits per heavy atom. The number of para-hydroxylation sites is 1. The number of carbonyl (C=O) groups is 1. The lowest BCUT2D eigenvalue weighted by Gasteiger charge is -2.12. The molecule has 0 spiro atoms. The summed E-state index contributed by atoms with van der Waals surface area (Å²) in [5.41, 5.74) is 5.01. The minimum atomic E-state index is -0.319. The molecule has 3 N–H and O–H groups in total. The van der Waals surface area contributed by atoms with Crippen LogP contribution in [0.2, 0.25) is 0 Å². The van der Waals surface area contributed by atoms with Gasteiger partial charge in [-0.2, -0.15) is 0 Å². The van der Waals surface area contributed by atoms with Crippen molar-refractivity contribution in [2.45, 2.75) is 0 Å². The normalized spacial score (nSPS) is 9.70. The van der Waals surface area contributed by atoms with Gasteiger partial charge in [0.2, 0.25) is 0 Å². The van der Waals surface area contributed by atoms with Crippen molar-refractivity contribution in [2.24, 2.45) is 0 Å². The second-order valence-electron chi connectivity index (χ2n) is 3.64. The highest BCUT2D eigenvalue weighted by Gasteiger charge is 2.05. The van der Waals surface area contributed by atoms with E-state index in [4.69, 9.17) is 21.7 Å². The van der Waals surface area contributed by atoms with Crippen LogP contribution in [-0.2, 0) is 9.53 Å². The largest absolute Gasteiger partial charge is 0.483 e. The van der Waals surface area contributed by atoms with E-state index in [1.54, 1.807) is 13.2 Å². The molecule has 0 saturated heterocycles. The highest BCUT2D eigenvalue weighted by molar-refractivity contribution is 14.1. The summed E-state index contributed by atoms with van der Waals surface area (Å²) in [6.07, 6.45) is 0. The van der Waals surface area contributed by atoms with E-state index < -0.39 is 0 Å². The van der Waals surface area contributed by atoms with Gasteiger partial charge >= 0.3 is 0 Å². The molecule has 0 atom stereocenters. The molecule has 0 radical (unpaired) electrons. The van der Waals surface area contributed by atoms with Gasteiger partial charge in [-0.3, -0.25) is 15.6 Å². The van der Waals surface area contributed by atoms with Crippen molar-refractivity contribution in [1.82, 2.24) is 16.2 Å². The zero-order valence-corrected chi connectivity index (χ0v) is 13.9. The Kier molecular flexibility index (Phi) is 8.23. The summed E-state index contributed by atoms with van der Waals surface area (Å²) in [5.74, 6) is 0.351. The quantitative estimate of drug-likeness (QED) is 0.280. The molecule has 1 rings (SSSR count). The summed E-state index contributed by atoms with van der Waals surface area (Å²) in [7, 11) is 1.60. The van der Waals surface area contributed by atoms with Gasteiger partial charge in [0.05, 0.1) is 10.2 Å². The monoisotopic (exact) mass is 409 g/mol. The first-order valence-electron chi connectivity index (χ1n) is 5.82. The van der Waals surface area contributed by atoms with E-state index >= 15 is 0 Å². The molecular formula is C12H16IN3O3S. The van der Waals surface area contributed by atoms with Gasteiger partial charge in [0, 0.05) is 13.7 Å². The fourth-order valence-corrected chi connectivity index (χ4v) is 1.87. The van der Waals surface area contributed by atoms with Gasteiger partial charge in [-0.15, -0.1) is 0 Å². The van der Waals surface area contributed by atoms with Gasteiger partial charge < -0.3 is 14.8 Å². The Hall–Kier alpha value is -1.13. The second-order valence-corrected chi connectivity index (χ2v) is 5.21. The molecule has 0 aliphatic carbocycles. The third-order valence-corrected chi connectivity index (χ3v) is 3.24. The van der Waals surface area contributed by atoms with E-state index in [-0.39, 0.29) is 12.5 Å².